The lowest BCUT2D eigenvalue weighted by molar-refractivity contribution is -0.138. The number of likely N-dealkylation sites (N-methyl/N-ethyl adjacent to an activating group) is 1. The maximum Gasteiger partial charge on any atom is 0.317 e. The van der Waals surface area contributed by atoms with E-state index >= 15 is 0 Å². The van der Waals surface area contributed by atoms with Gasteiger partial charge in [0, 0.05) is 6.54 Å². The van der Waals surface area contributed by atoms with Crippen LogP contribution < -0.4 is 0 Å². The molecule has 1 rings (SSSR count). The van der Waals surface area contributed by atoms with Crippen LogP contribution in [0.1, 0.15) is 26.7 Å². The minimum Gasteiger partial charge on any atom is -0.480 e. The number of rotatable bonds is 4. The molecule has 1 aliphatic rings. The van der Waals surface area contributed by atoms with E-state index in [9.17, 15) is 4.79 Å². The fourth-order valence-electron chi connectivity index (χ4n) is 1.85. The average Bonchev–Trinajstić information content (AvgIpc) is 2.27. The predicted molar refractivity (Wildman–Crippen MR) is 53.3 cm³/mol. The molecule has 0 aliphatic carbocycles. The summed E-state index contributed by atoms with van der Waals surface area (Å²) in [4.78, 5) is 12.2. The van der Waals surface area contributed by atoms with Gasteiger partial charge in [-0.05, 0) is 33.7 Å². The zero-order valence-electron chi connectivity index (χ0n) is 9.12. The molecule has 0 bridgehead atoms. The normalized spacial score (nSPS) is 25.6. The SMILES string of the molecule is CN(CC(=O)O)CC1CCC(C)(C)O1. The molecule has 0 saturated carbocycles. The fraction of sp³-hybridized carbons (Fsp3) is 0.900. The van der Waals surface area contributed by atoms with Crippen molar-refractivity contribution in [2.75, 3.05) is 20.1 Å². The van der Waals surface area contributed by atoms with E-state index < -0.39 is 5.97 Å². The Kier molecular flexibility index (Phi) is 3.50. The molecule has 1 atom stereocenters. The minimum absolute atomic E-state index is 0.0330. The second-order valence-electron chi connectivity index (χ2n) is 4.63. The van der Waals surface area contributed by atoms with Crippen LogP contribution in [0.2, 0.25) is 0 Å². The highest BCUT2D eigenvalue weighted by Crippen LogP contribution is 2.29. The Hall–Kier alpha value is -0.610. The number of hydrogen-bond acceptors (Lipinski definition) is 3. The van der Waals surface area contributed by atoms with Crippen LogP contribution in [0.15, 0.2) is 0 Å². The number of nitrogens with zero attached hydrogens (tertiary/aromatic N) is 1. The van der Waals surface area contributed by atoms with Crippen LogP contribution in [-0.2, 0) is 9.53 Å². The topological polar surface area (TPSA) is 49.8 Å². The molecule has 0 aromatic carbocycles. The first kappa shape index (κ1) is 11.5. The van der Waals surface area contributed by atoms with Crippen LogP contribution in [0.3, 0.4) is 0 Å². The van der Waals surface area contributed by atoms with Gasteiger partial charge in [-0.2, -0.15) is 0 Å². The Morgan fingerprint density at radius 3 is 2.71 bits per heavy atom. The Labute approximate surface area is 84.8 Å². The number of carbonyl (C=O) groups is 1. The van der Waals surface area contributed by atoms with E-state index in [2.05, 4.69) is 13.8 Å². The van der Waals surface area contributed by atoms with Crippen molar-refractivity contribution in [1.82, 2.24) is 4.90 Å². The third-order valence-corrected chi connectivity index (χ3v) is 2.47. The Balaban J connectivity index is 2.29. The molecule has 0 aromatic heterocycles. The third-order valence-electron chi connectivity index (χ3n) is 2.47. The maximum atomic E-state index is 10.4. The number of carboxylic acid groups (broad SMARTS) is 1. The van der Waals surface area contributed by atoms with Crippen molar-refractivity contribution in [3.63, 3.8) is 0 Å². The van der Waals surface area contributed by atoms with Gasteiger partial charge in [0.25, 0.3) is 0 Å². The molecule has 4 heteroatoms. The summed E-state index contributed by atoms with van der Waals surface area (Å²) in [5.41, 5.74) is -0.0330. The fourth-order valence-corrected chi connectivity index (χ4v) is 1.85. The molecule has 1 unspecified atom stereocenters. The smallest absolute Gasteiger partial charge is 0.317 e. The molecular weight excluding hydrogens is 182 g/mol. The largest absolute Gasteiger partial charge is 0.480 e. The number of hydrogen-bond donors (Lipinski definition) is 1. The number of carboxylic acids is 1. The first-order valence-corrected chi connectivity index (χ1v) is 4.97. The van der Waals surface area contributed by atoms with E-state index in [4.69, 9.17) is 9.84 Å². The molecule has 0 spiro atoms. The van der Waals surface area contributed by atoms with Crippen LogP contribution in [0.4, 0.5) is 0 Å². The number of aliphatic carboxylic acids is 1. The van der Waals surface area contributed by atoms with Crippen molar-refractivity contribution in [3.8, 4) is 0 Å². The summed E-state index contributed by atoms with van der Waals surface area (Å²) in [6.45, 7) is 4.93. The van der Waals surface area contributed by atoms with Crippen LogP contribution >= 0.6 is 0 Å². The lowest BCUT2D eigenvalue weighted by atomic mass is 10.1. The van der Waals surface area contributed by atoms with Gasteiger partial charge in [0.2, 0.25) is 0 Å². The summed E-state index contributed by atoms with van der Waals surface area (Å²) in [7, 11) is 1.81. The van der Waals surface area contributed by atoms with Gasteiger partial charge in [-0.3, -0.25) is 9.69 Å². The molecule has 1 heterocycles. The molecular formula is C10H19NO3. The van der Waals surface area contributed by atoms with E-state index in [1.165, 1.54) is 0 Å². The minimum atomic E-state index is -0.787. The summed E-state index contributed by atoms with van der Waals surface area (Å²) in [6.07, 6.45) is 2.27. The molecule has 4 nitrogen and oxygen atoms in total. The number of ether oxygens (including phenoxy) is 1. The van der Waals surface area contributed by atoms with Gasteiger partial charge in [-0.15, -0.1) is 0 Å². The molecule has 0 radical (unpaired) electrons. The molecule has 1 N–H and O–H groups in total. The van der Waals surface area contributed by atoms with Crippen molar-refractivity contribution < 1.29 is 14.6 Å². The molecule has 0 aromatic rings. The zero-order valence-corrected chi connectivity index (χ0v) is 9.12. The molecule has 0 amide bonds. The molecule has 1 fully saturated rings. The van der Waals surface area contributed by atoms with E-state index in [0.717, 1.165) is 12.8 Å². The summed E-state index contributed by atoms with van der Waals surface area (Å²) < 4.78 is 5.77. The molecule has 82 valence electrons. The second-order valence-corrected chi connectivity index (χ2v) is 4.63. The first-order valence-electron chi connectivity index (χ1n) is 4.97. The lowest BCUT2D eigenvalue weighted by Crippen LogP contribution is -2.34. The zero-order chi connectivity index (χ0) is 10.8. The van der Waals surface area contributed by atoms with Crippen LogP contribution in [0, 0.1) is 0 Å². The summed E-state index contributed by atoms with van der Waals surface area (Å²) in [5, 5.41) is 8.58. The highest BCUT2D eigenvalue weighted by Gasteiger charge is 2.32. The maximum absolute atomic E-state index is 10.4. The third kappa shape index (κ3) is 3.64. The van der Waals surface area contributed by atoms with Gasteiger partial charge >= 0.3 is 5.97 Å². The standard InChI is InChI=1S/C10H19NO3/c1-10(2)5-4-8(14-10)6-11(3)7-9(12)13/h8H,4-7H2,1-3H3,(H,12,13). The molecule has 1 saturated heterocycles. The second kappa shape index (κ2) is 4.28. The Morgan fingerprint density at radius 2 is 2.29 bits per heavy atom. The van der Waals surface area contributed by atoms with Crippen LogP contribution in [0.5, 0.6) is 0 Å². The predicted octanol–water partition coefficient (Wildman–Crippen LogP) is 0.960. The molecule has 1 aliphatic heterocycles. The summed E-state index contributed by atoms with van der Waals surface area (Å²) >= 11 is 0. The van der Waals surface area contributed by atoms with Crippen molar-refractivity contribution >= 4 is 5.97 Å². The van der Waals surface area contributed by atoms with Gasteiger partial charge in [0.05, 0.1) is 18.2 Å². The lowest BCUT2D eigenvalue weighted by Gasteiger charge is -2.22. The van der Waals surface area contributed by atoms with Crippen molar-refractivity contribution in [2.24, 2.45) is 0 Å². The van der Waals surface area contributed by atoms with Gasteiger partial charge < -0.3 is 9.84 Å². The quantitative estimate of drug-likeness (QED) is 0.736. The Bertz CT molecular complexity index is 215. The van der Waals surface area contributed by atoms with E-state index in [1.807, 2.05) is 7.05 Å². The van der Waals surface area contributed by atoms with Gasteiger partial charge in [-0.1, -0.05) is 0 Å². The van der Waals surface area contributed by atoms with Crippen molar-refractivity contribution in [2.45, 2.75) is 38.4 Å². The van der Waals surface area contributed by atoms with E-state index in [0.29, 0.717) is 6.54 Å². The van der Waals surface area contributed by atoms with Gasteiger partial charge in [-0.25, -0.2) is 0 Å². The molecule has 14 heavy (non-hydrogen) atoms. The van der Waals surface area contributed by atoms with Crippen molar-refractivity contribution in [1.29, 1.82) is 0 Å². The van der Waals surface area contributed by atoms with E-state index in [-0.39, 0.29) is 18.2 Å². The Morgan fingerprint density at radius 1 is 1.64 bits per heavy atom. The van der Waals surface area contributed by atoms with Crippen LogP contribution in [0.25, 0.3) is 0 Å². The monoisotopic (exact) mass is 201 g/mol. The average molecular weight is 201 g/mol. The van der Waals surface area contributed by atoms with Gasteiger partial charge in [0.15, 0.2) is 0 Å². The van der Waals surface area contributed by atoms with Crippen LogP contribution in [-0.4, -0.2) is 47.8 Å². The highest BCUT2D eigenvalue weighted by atomic mass is 16.5. The van der Waals surface area contributed by atoms with Gasteiger partial charge in [0.1, 0.15) is 0 Å². The first-order chi connectivity index (χ1) is 6.39. The van der Waals surface area contributed by atoms with Crippen molar-refractivity contribution in [3.05, 3.63) is 0 Å². The van der Waals surface area contributed by atoms with E-state index in [1.54, 1.807) is 4.90 Å². The highest BCUT2D eigenvalue weighted by molar-refractivity contribution is 5.68. The summed E-state index contributed by atoms with van der Waals surface area (Å²) in [6, 6.07) is 0. The summed E-state index contributed by atoms with van der Waals surface area (Å²) in [5.74, 6) is -0.787.